The van der Waals surface area contributed by atoms with E-state index in [1.165, 1.54) is 11.8 Å². The maximum Gasteiger partial charge on any atom is 0.343 e. The number of halogens is 1. The van der Waals surface area contributed by atoms with Gasteiger partial charge in [0.1, 0.15) is 5.75 Å². The van der Waals surface area contributed by atoms with Crippen molar-refractivity contribution in [3.8, 4) is 5.75 Å². The Balaban J connectivity index is 2.26. The highest BCUT2D eigenvalue weighted by Crippen LogP contribution is 2.35. The Morgan fingerprint density at radius 3 is 2.23 bits per heavy atom. The van der Waals surface area contributed by atoms with Crippen LogP contribution in [-0.2, 0) is 14.3 Å². The van der Waals surface area contributed by atoms with Crippen molar-refractivity contribution in [3.63, 3.8) is 0 Å². The fourth-order valence-corrected chi connectivity index (χ4v) is 3.93. The number of esters is 2. The van der Waals surface area contributed by atoms with Gasteiger partial charge in [0.25, 0.3) is 5.91 Å². The van der Waals surface area contributed by atoms with Crippen molar-refractivity contribution in [2.24, 2.45) is 0 Å². The van der Waals surface area contributed by atoms with Crippen LogP contribution in [0.5, 0.6) is 5.75 Å². The van der Waals surface area contributed by atoms with Gasteiger partial charge in [-0.1, -0.05) is 46.3 Å². The third-order valence-corrected chi connectivity index (χ3v) is 5.76. The Labute approximate surface area is 193 Å². The van der Waals surface area contributed by atoms with Gasteiger partial charge in [-0.3, -0.25) is 10.0 Å². The second kappa shape index (κ2) is 11.9. The lowest BCUT2D eigenvalue weighted by Gasteiger charge is -2.31. The van der Waals surface area contributed by atoms with Gasteiger partial charge < -0.3 is 9.47 Å². The predicted octanol–water partition coefficient (Wildman–Crippen LogP) is 4.24. The topological polar surface area (TPSA) is 93.1 Å². The molecular weight excluding hydrogens is 486 g/mol. The van der Waals surface area contributed by atoms with Crippen molar-refractivity contribution in [2.75, 3.05) is 12.9 Å². The van der Waals surface area contributed by atoms with E-state index in [1.807, 2.05) is 0 Å². The van der Waals surface area contributed by atoms with E-state index in [9.17, 15) is 19.6 Å². The number of carbonyl (C=O) groups is 3. The van der Waals surface area contributed by atoms with Crippen LogP contribution in [0.3, 0.4) is 0 Å². The highest BCUT2D eigenvalue weighted by atomic mass is 79.9. The Kier molecular flexibility index (Phi) is 9.54. The van der Waals surface area contributed by atoms with Crippen LogP contribution in [-0.4, -0.2) is 51.8 Å². The number of rotatable bonds is 9. The minimum absolute atomic E-state index is 0.108. The summed E-state index contributed by atoms with van der Waals surface area (Å²) in [6.45, 7) is 3.31. The number of thioether (sulfide) groups is 1. The zero-order chi connectivity index (χ0) is 23.0. The van der Waals surface area contributed by atoms with E-state index in [4.69, 9.17) is 9.47 Å². The van der Waals surface area contributed by atoms with E-state index in [0.29, 0.717) is 21.9 Å². The van der Waals surface area contributed by atoms with Gasteiger partial charge >= 0.3 is 11.9 Å². The lowest BCUT2D eigenvalue weighted by atomic mass is 10.0. The van der Waals surface area contributed by atoms with Crippen LogP contribution in [0.25, 0.3) is 0 Å². The van der Waals surface area contributed by atoms with Crippen LogP contribution >= 0.6 is 27.7 Å². The molecule has 0 bridgehead atoms. The summed E-state index contributed by atoms with van der Waals surface area (Å²) in [5.74, 6) is -1.54. The van der Waals surface area contributed by atoms with Crippen molar-refractivity contribution in [3.05, 3.63) is 65.7 Å². The Morgan fingerprint density at radius 2 is 1.71 bits per heavy atom. The first-order valence-corrected chi connectivity index (χ1v) is 11.7. The van der Waals surface area contributed by atoms with Gasteiger partial charge in [0.05, 0.1) is 22.2 Å². The SMILES string of the molecule is CCOC(=O)C(C(SC)c1ccc(OC(=O)c2ccccc2)cc1)N(O)C(=O)C(C)Br. The summed E-state index contributed by atoms with van der Waals surface area (Å²) in [5.41, 5.74) is 1.08. The average Bonchev–Trinajstić information content (AvgIpc) is 2.77. The van der Waals surface area contributed by atoms with E-state index in [1.54, 1.807) is 74.7 Å². The molecule has 1 N–H and O–H groups in total. The van der Waals surface area contributed by atoms with E-state index in [2.05, 4.69) is 15.9 Å². The van der Waals surface area contributed by atoms with E-state index in [-0.39, 0.29) is 6.61 Å². The molecule has 2 aromatic rings. The third-order valence-electron chi connectivity index (χ3n) is 4.33. The molecule has 3 atom stereocenters. The zero-order valence-corrected chi connectivity index (χ0v) is 19.8. The Bertz CT molecular complexity index is 891. The van der Waals surface area contributed by atoms with Crippen LogP contribution in [0.4, 0.5) is 0 Å². The number of alkyl halides is 1. The monoisotopic (exact) mass is 509 g/mol. The molecule has 0 saturated heterocycles. The molecule has 0 aliphatic carbocycles. The van der Waals surface area contributed by atoms with Crippen molar-refractivity contribution in [1.82, 2.24) is 5.06 Å². The number of hydroxylamine groups is 2. The van der Waals surface area contributed by atoms with Crippen LogP contribution in [0, 0.1) is 0 Å². The third kappa shape index (κ3) is 6.56. The summed E-state index contributed by atoms with van der Waals surface area (Å²) in [5, 5.41) is 10.3. The van der Waals surface area contributed by atoms with Gasteiger partial charge in [-0.15, -0.1) is 0 Å². The standard InChI is InChI=1S/C22H24BrNO6S/c1-4-29-22(27)18(24(28)20(25)14(2)23)19(31-3)15-10-12-17(13-11-15)30-21(26)16-8-6-5-7-9-16/h5-14,18-19,28H,4H2,1-3H3. The molecule has 3 unspecified atom stereocenters. The zero-order valence-electron chi connectivity index (χ0n) is 17.4. The maximum absolute atomic E-state index is 12.6. The fourth-order valence-electron chi connectivity index (χ4n) is 2.81. The molecule has 0 aliphatic rings. The van der Waals surface area contributed by atoms with Crippen molar-refractivity contribution < 1.29 is 29.1 Å². The molecule has 31 heavy (non-hydrogen) atoms. The minimum atomic E-state index is -1.25. The molecule has 0 radical (unpaired) electrons. The van der Waals surface area contributed by atoms with Crippen LogP contribution < -0.4 is 4.74 Å². The van der Waals surface area contributed by atoms with Gasteiger partial charge in [0.2, 0.25) is 0 Å². The van der Waals surface area contributed by atoms with E-state index in [0.717, 1.165) is 0 Å². The number of carbonyl (C=O) groups excluding carboxylic acids is 3. The second-order valence-corrected chi connectivity index (χ2v) is 8.83. The number of amides is 1. The number of benzene rings is 2. The molecule has 0 heterocycles. The quantitative estimate of drug-likeness (QED) is 0.177. The average molecular weight is 510 g/mol. The fraction of sp³-hybridized carbons (Fsp3) is 0.318. The number of ether oxygens (including phenoxy) is 2. The van der Waals surface area contributed by atoms with E-state index < -0.39 is 34.0 Å². The normalized spacial score (nSPS) is 13.6. The lowest BCUT2D eigenvalue weighted by Crippen LogP contribution is -2.48. The smallest absolute Gasteiger partial charge is 0.343 e. The second-order valence-electron chi connectivity index (χ2n) is 6.48. The molecule has 2 aromatic carbocycles. The van der Waals surface area contributed by atoms with Crippen molar-refractivity contribution in [2.45, 2.75) is 30.0 Å². The molecule has 166 valence electrons. The van der Waals surface area contributed by atoms with Crippen LogP contribution in [0.1, 0.15) is 35.0 Å². The van der Waals surface area contributed by atoms with E-state index >= 15 is 0 Å². The molecule has 0 aromatic heterocycles. The van der Waals surface area contributed by atoms with Gasteiger partial charge in [0.15, 0.2) is 6.04 Å². The lowest BCUT2D eigenvalue weighted by molar-refractivity contribution is -0.187. The summed E-state index contributed by atoms with van der Waals surface area (Å²) in [4.78, 5) is 36.4. The van der Waals surface area contributed by atoms with Crippen molar-refractivity contribution in [1.29, 1.82) is 0 Å². The Hall–Kier alpha value is -2.36. The molecular formula is C22H24BrNO6S. The molecule has 2 rings (SSSR count). The largest absolute Gasteiger partial charge is 0.464 e. The number of hydrogen-bond acceptors (Lipinski definition) is 7. The molecule has 9 heteroatoms. The highest BCUT2D eigenvalue weighted by molar-refractivity contribution is 9.10. The van der Waals surface area contributed by atoms with Crippen molar-refractivity contribution >= 4 is 45.5 Å². The summed E-state index contributed by atoms with van der Waals surface area (Å²) < 4.78 is 10.5. The maximum atomic E-state index is 12.6. The van der Waals surface area contributed by atoms with Gasteiger partial charge in [0, 0.05) is 0 Å². The molecule has 0 aliphatic heterocycles. The van der Waals surface area contributed by atoms with Gasteiger partial charge in [-0.05, 0) is 49.9 Å². The minimum Gasteiger partial charge on any atom is -0.464 e. The number of nitrogens with zero attached hydrogens (tertiary/aromatic N) is 1. The molecule has 0 spiro atoms. The first kappa shape index (κ1) is 24.9. The summed E-state index contributed by atoms with van der Waals surface area (Å²) in [7, 11) is 0. The van der Waals surface area contributed by atoms with Crippen LogP contribution in [0.2, 0.25) is 0 Å². The summed E-state index contributed by atoms with van der Waals surface area (Å²) in [6, 6.07) is 13.9. The molecule has 0 saturated carbocycles. The highest BCUT2D eigenvalue weighted by Gasteiger charge is 2.39. The first-order chi connectivity index (χ1) is 14.8. The summed E-state index contributed by atoms with van der Waals surface area (Å²) in [6.07, 6.45) is 1.76. The van der Waals surface area contributed by atoms with Gasteiger partial charge in [-0.2, -0.15) is 11.8 Å². The molecule has 7 nitrogen and oxygen atoms in total. The summed E-state index contributed by atoms with van der Waals surface area (Å²) >= 11 is 4.40. The Morgan fingerprint density at radius 1 is 1.10 bits per heavy atom. The first-order valence-electron chi connectivity index (χ1n) is 9.52. The predicted molar refractivity (Wildman–Crippen MR) is 122 cm³/mol. The van der Waals surface area contributed by atoms with Gasteiger partial charge in [-0.25, -0.2) is 14.7 Å². The van der Waals surface area contributed by atoms with Crippen LogP contribution in [0.15, 0.2) is 54.6 Å². The molecule has 0 fully saturated rings. The number of hydrogen-bond donors (Lipinski definition) is 1. The molecule has 1 amide bonds.